The second-order valence-corrected chi connectivity index (χ2v) is 6.87. The number of aryl methyl sites for hydroxylation is 1. The first-order chi connectivity index (χ1) is 13.2. The minimum Gasteiger partial charge on any atom is -0.324 e. The molecule has 1 unspecified atom stereocenters. The van der Waals surface area contributed by atoms with Gasteiger partial charge in [-0.25, -0.2) is 4.79 Å². The lowest BCUT2D eigenvalue weighted by Crippen LogP contribution is -2.42. The molecule has 2 aromatic carbocycles. The minimum atomic E-state index is -0.0796. The van der Waals surface area contributed by atoms with Crippen molar-refractivity contribution in [2.24, 2.45) is 0 Å². The van der Waals surface area contributed by atoms with Crippen LogP contribution in [0.15, 0.2) is 54.6 Å². The highest BCUT2D eigenvalue weighted by atomic mass is 16.2. The van der Waals surface area contributed by atoms with Gasteiger partial charge in [-0.15, -0.1) is 5.10 Å². The van der Waals surface area contributed by atoms with Gasteiger partial charge in [0, 0.05) is 24.7 Å². The van der Waals surface area contributed by atoms with Crippen molar-refractivity contribution >= 4 is 11.7 Å². The molecule has 27 heavy (non-hydrogen) atoms. The fraction of sp³-hybridized carbons (Fsp3) is 0.300. The molecule has 0 radical (unpaired) electrons. The van der Waals surface area contributed by atoms with E-state index in [0.29, 0.717) is 6.54 Å². The number of anilines is 1. The Morgan fingerprint density at radius 3 is 2.81 bits per heavy atom. The van der Waals surface area contributed by atoms with Crippen LogP contribution in [0.5, 0.6) is 0 Å². The van der Waals surface area contributed by atoms with Gasteiger partial charge in [-0.3, -0.25) is 0 Å². The number of likely N-dealkylation sites (tertiary alicyclic amines) is 1. The highest BCUT2D eigenvalue weighted by Gasteiger charge is 2.29. The molecule has 1 atom stereocenters. The zero-order chi connectivity index (χ0) is 18.6. The van der Waals surface area contributed by atoms with Crippen LogP contribution in [0.2, 0.25) is 0 Å². The van der Waals surface area contributed by atoms with Gasteiger partial charge in [0.25, 0.3) is 0 Å². The van der Waals surface area contributed by atoms with E-state index in [4.69, 9.17) is 0 Å². The van der Waals surface area contributed by atoms with E-state index in [9.17, 15) is 4.79 Å². The molecule has 4 rings (SSSR count). The van der Waals surface area contributed by atoms with Gasteiger partial charge in [0.15, 0.2) is 5.82 Å². The van der Waals surface area contributed by atoms with Crippen molar-refractivity contribution in [3.8, 4) is 5.69 Å². The van der Waals surface area contributed by atoms with Crippen molar-refractivity contribution < 1.29 is 4.79 Å². The summed E-state index contributed by atoms with van der Waals surface area (Å²) in [6.07, 6.45) is 1.88. The summed E-state index contributed by atoms with van der Waals surface area (Å²) >= 11 is 0. The molecule has 7 heteroatoms. The van der Waals surface area contributed by atoms with Crippen LogP contribution in [0, 0.1) is 6.92 Å². The van der Waals surface area contributed by atoms with Crippen LogP contribution < -0.4 is 5.32 Å². The van der Waals surface area contributed by atoms with E-state index < -0.39 is 0 Å². The van der Waals surface area contributed by atoms with Crippen molar-refractivity contribution in [3.63, 3.8) is 0 Å². The number of tetrazole rings is 1. The third-order valence-corrected chi connectivity index (χ3v) is 4.84. The summed E-state index contributed by atoms with van der Waals surface area (Å²) in [6.45, 7) is 3.35. The van der Waals surface area contributed by atoms with Crippen LogP contribution >= 0.6 is 0 Å². The fourth-order valence-corrected chi connectivity index (χ4v) is 3.50. The zero-order valence-corrected chi connectivity index (χ0v) is 15.2. The van der Waals surface area contributed by atoms with E-state index in [1.807, 2.05) is 66.4 Å². The van der Waals surface area contributed by atoms with Gasteiger partial charge in [-0.05, 0) is 60.0 Å². The monoisotopic (exact) mass is 362 g/mol. The maximum atomic E-state index is 12.7. The highest BCUT2D eigenvalue weighted by molar-refractivity contribution is 5.89. The SMILES string of the molecule is Cc1cccc(NC(=O)N2CCCC(c3nnnn3-c3ccccc3)C2)c1. The first-order valence-electron chi connectivity index (χ1n) is 9.17. The van der Waals surface area contributed by atoms with Gasteiger partial charge in [-0.2, -0.15) is 4.68 Å². The predicted molar refractivity (Wildman–Crippen MR) is 103 cm³/mol. The summed E-state index contributed by atoms with van der Waals surface area (Å²) in [5.41, 5.74) is 2.86. The van der Waals surface area contributed by atoms with E-state index in [2.05, 4.69) is 20.8 Å². The lowest BCUT2D eigenvalue weighted by Gasteiger charge is -2.32. The number of para-hydroxylation sites is 1. The van der Waals surface area contributed by atoms with Crippen molar-refractivity contribution in [2.75, 3.05) is 18.4 Å². The Kier molecular flexibility index (Phi) is 4.82. The number of carbonyl (C=O) groups excluding carboxylic acids is 1. The molecule has 1 fully saturated rings. The fourth-order valence-electron chi connectivity index (χ4n) is 3.50. The third-order valence-electron chi connectivity index (χ3n) is 4.84. The van der Waals surface area contributed by atoms with E-state index in [0.717, 1.165) is 42.1 Å². The Bertz CT molecular complexity index is 923. The maximum Gasteiger partial charge on any atom is 0.321 e. The molecule has 1 aromatic heterocycles. The molecule has 1 N–H and O–H groups in total. The largest absolute Gasteiger partial charge is 0.324 e. The molecule has 0 saturated carbocycles. The number of carbonyl (C=O) groups is 1. The average molecular weight is 362 g/mol. The summed E-state index contributed by atoms with van der Waals surface area (Å²) < 4.78 is 1.77. The third kappa shape index (κ3) is 3.81. The van der Waals surface area contributed by atoms with Crippen LogP contribution in [-0.4, -0.2) is 44.2 Å². The van der Waals surface area contributed by atoms with Crippen LogP contribution in [0.25, 0.3) is 5.69 Å². The smallest absolute Gasteiger partial charge is 0.321 e. The van der Waals surface area contributed by atoms with E-state index >= 15 is 0 Å². The number of urea groups is 1. The molecule has 138 valence electrons. The Balaban J connectivity index is 1.49. The topological polar surface area (TPSA) is 75.9 Å². The van der Waals surface area contributed by atoms with Gasteiger partial charge in [-0.1, -0.05) is 30.3 Å². The van der Waals surface area contributed by atoms with Crippen LogP contribution in [-0.2, 0) is 0 Å². The molecule has 0 spiro atoms. The number of piperidine rings is 1. The molecule has 1 saturated heterocycles. The Hall–Kier alpha value is -3.22. The Morgan fingerprint density at radius 1 is 1.15 bits per heavy atom. The molecule has 1 aliphatic rings. The quantitative estimate of drug-likeness (QED) is 0.775. The molecule has 7 nitrogen and oxygen atoms in total. The number of hydrogen-bond donors (Lipinski definition) is 1. The zero-order valence-electron chi connectivity index (χ0n) is 15.2. The maximum absolute atomic E-state index is 12.7. The lowest BCUT2D eigenvalue weighted by atomic mass is 9.97. The molecule has 3 aromatic rings. The molecular formula is C20H22N6O. The lowest BCUT2D eigenvalue weighted by molar-refractivity contribution is 0.191. The number of nitrogens with one attached hydrogen (secondary N) is 1. The van der Waals surface area contributed by atoms with Gasteiger partial charge in [0.2, 0.25) is 0 Å². The summed E-state index contributed by atoms with van der Waals surface area (Å²) in [7, 11) is 0. The number of hydrogen-bond acceptors (Lipinski definition) is 4. The molecule has 0 bridgehead atoms. The summed E-state index contributed by atoms with van der Waals surface area (Å²) in [5.74, 6) is 0.909. The average Bonchev–Trinajstić information content (AvgIpc) is 3.19. The summed E-state index contributed by atoms with van der Waals surface area (Å²) in [5, 5.41) is 15.3. The first kappa shape index (κ1) is 17.2. The van der Waals surface area contributed by atoms with Crippen LogP contribution in [0.4, 0.5) is 10.5 Å². The molecular weight excluding hydrogens is 340 g/mol. The first-order valence-corrected chi connectivity index (χ1v) is 9.17. The number of benzene rings is 2. The van der Waals surface area contributed by atoms with Crippen LogP contribution in [0.1, 0.15) is 30.1 Å². The van der Waals surface area contributed by atoms with Gasteiger partial charge < -0.3 is 10.2 Å². The highest BCUT2D eigenvalue weighted by Crippen LogP contribution is 2.27. The van der Waals surface area contributed by atoms with Crippen molar-refractivity contribution in [3.05, 3.63) is 66.0 Å². The number of nitrogens with zero attached hydrogens (tertiary/aromatic N) is 5. The van der Waals surface area contributed by atoms with E-state index in [1.54, 1.807) is 4.68 Å². The van der Waals surface area contributed by atoms with Crippen molar-refractivity contribution in [1.29, 1.82) is 0 Å². The van der Waals surface area contributed by atoms with Gasteiger partial charge in [0.05, 0.1) is 5.69 Å². The second-order valence-electron chi connectivity index (χ2n) is 6.87. The van der Waals surface area contributed by atoms with Crippen molar-refractivity contribution in [2.45, 2.75) is 25.7 Å². The van der Waals surface area contributed by atoms with Crippen LogP contribution in [0.3, 0.4) is 0 Å². The number of rotatable bonds is 3. The summed E-state index contributed by atoms with van der Waals surface area (Å²) in [6, 6.07) is 17.6. The van der Waals surface area contributed by atoms with E-state index in [1.165, 1.54) is 0 Å². The Labute approximate surface area is 158 Å². The van der Waals surface area contributed by atoms with Gasteiger partial charge >= 0.3 is 6.03 Å². The Morgan fingerprint density at radius 2 is 2.00 bits per heavy atom. The number of aromatic nitrogens is 4. The number of amides is 2. The minimum absolute atomic E-state index is 0.0796. The second kappa shape index (κ2) is 7.57. The molecule has 1 aliphatic heterocycles. The van der Waals surface area contributed by atoms with Gasteiger partial charge in [0.1, 0.15) is 0 Å². The molecule has 0 aliphatic carbocycles. The molecule has 2 heterocycles. The van der Waals surface area contributed by atoms with E-state index in [-0.39, 0.29) is 11.9 Å². The normalized spacial score (nSPS) is 16.9. The van der Waals surface area contributed by atoms with Crippen molar-refractivity contribution in [1.82, 2.24) is 25.1 Å². The predicted octanol–water partition coefficient (Wildman–Crippen LogP) is 3.38. The standard InChI is InChI=1S/C20H22N6O/c1-15-7-5-9-17(13-15)21-20(27)25-12-6-8-16(14-25)19-22-23-24-26(19)18-10-3-2-4-11-18/h2-5,7,9-11,13,16H,6,8,12,14H2,1H3,(H,21,27). The molecule has 2 amide bonds. The summed E-state index contributed by atoms with van der Waals surface area (Å²) in [4.78, 5) is 14.6.